The molecule has 0 radical (unpaired) electrons. The van der Waals surface area contributed by atoms with Crippen LogP contribution in [0.1, 0.15) is 28.5 Å². The van der Waals surface area contributed by atoms with Gasteiger partial charge in [0.25, 0.3) is 5.91 Å². The van der Waals surface area contributed by atoms with Gasteiger partial charge in [0.2, 0.25) is 5.88 Å². The monoisotopic (exact) mass is 395 g/mol. The van der Waals surface area contributed by atoms with Crippen LogP contribution < -0.4 is 19.5 Å². The van der Waals surface area contributed by atoms with Gasteiger partial charge < -0.3 is 19.5 Å². The summed E-state index contributed by atoms with van der Waals surface area (Å²) in [4.78, 5) is 12.5. The standard InChI is InChI=1S/C22H25N3O4/c1-5-28-17-10-12-19(13-11-17)29-18-8-6-16(7-9-18)14-23-21(26)20-15(2)24-25(3)22(20)27-4/h6-13H,5,14H2,1-4H3,(H,23,26). The Morgan fingerprint density at radius 2 is 1.62 bits per heavy atom. The van der Waals surface area contributed by atoms with Gasteiger partial charge in [-0.1, -0.05) is 12.1 Å². The molecule has 0 bridgehead atoms. The molecule has 2 aromatic carbocycles. The van der Waals surface area contributed by atoms with Gasteiger partial charge in [0.1, 0.15) is 22.8 Å². The predicted octanol–water partition coefficient (Wildman–Crippen LogP) is 3.86. The van der Waals surface area contributed by atoms with Crippen molar-refractivity contribution in [3.63, 3.8) is 0 Å². The zero-order valence-electron chi connectivity index (χ0n) is 17.1. The molecule has 0 fully saturated rings. The fourth-order valence-electron chi connectivity index (χ4n) is 2.99. The van der Waals surface area contributed by atoms with E-state index < -0.39 is 0 Å². The number of methoxy groups -OCH3 is 1. The van der Waals surface area contributed by atoms with E-state index in [4.69, 9.17) is 14.2 Å². The van der Waals surface area contributed by atoms with E-state index in [1.54, 1.807) is 18.7 Å². The van der Waals surface area contributed by atoms with E-state index in [9.17, 15) is 4.79 Å². The number of hydrogen-bond donors (Lipinski definition) is 1. The molecule has 1 heterocycles. The lowest BCUT2D eigenvalue weighted by molar-refractivity contribution is 0.0947. The normalized spacial score (nSPS) is 10.5. The van der Waals surface area contributed by atoms with Crippen LogP contribution >= 0.6 is 0 Å². The molecule has 3 aromatic rings. The van der Waals surface area contributed by atoms with Crippen molar-refractivity contribution in [2.24, 2.45) is 7.05 Å². The molecule has 152 valence electrons. The second kappa shape index (κ2) is 9.14. The van der Waals surface area contributed by atoms with Crippen LogP contribution in [0.3, 0.4) is 0 Å². The molecule has 1 N–H and O–H groups in total. The maximum Gasteiger partial charge on any atom is 0.258 e. The number of benzene rings is 2. The number of carbonyl (C=O) groups excluding carboxylic acids is 1. The maximum absolute atomic E-state index is 12.5. The van der Waals surface area contributed by atoms with Gasteiger partial charge in [-0.2, -0.15) is 5.10 Å². The fraction of sp³-hybridized carbons (Fsp3) is 0.273. The number of rotatable bonds is 8. The second-order valence-corrected chi connectivity index (χ2v) is 6.43. The average Bonchev–Trinajstić information content (AvgIpc) is 3.02. The van der Waals surface area contributed by atoms with E-state index in [1.165, 1.54) is 7.11 Å². The summed E-state index contributed by atoms with van der Waals surface area (Å²) >= 11 is 0. The number of hydrogen-bond acceptors (Lipinski definition) is 5. The van der Waals surface area contributed by atoms with Gasteiger partial charge in [-0.05, 0) is 55.8 Å². The molecule has 0 aliphatic rings. The van der Waals surface area contributed by atoms with Gasteiger partial charge in [-0.15, -0.1) is 0 Å². The van der Waals surface area contributed by atoms with Gasteiger partial charge in [0.05, 0.1) is 19.4 Å². The molecule has 3 rings (SSSR count). The third-order valence-corrected chi connectivity index (χ3v) is 4.34. The van der Waals surface area contributed by atoms with E-state index in [-0.39, 0.29) is 5.91 Å². The number of aryl methyl sites for hydroxylation is 2. The van der Waals surface area contributed by atoms with Crippen molar-refractivity contribution in [3.8, 4) is 23.1 Å². The van der Waals surface area contributed by atoms with Crippen molar-refractivity contribution < 1.29 is 19.0 Å². The minimum absolute atomic E-state index is 0.220. The highest BCUT2D eigenvalue weighted by molar-refractivity contribution is 5.97. The molecular weight excluding hydrogens is 370 g/mol. The minimum Gasteiger partial charge on any atom is -0.494 e. The zero-order chi connectivity index (χ0) is 20.8. The van der Waals surface area contributed by atoms with Gasteiger partial charge in [0, 0.05) is 13.6 Å². The molecule has 0 unspecified atom stereocenters. The SMILES string of the molecule is CCOc1ccc(Oc2ccc(CNC(=O)c3c(C)nn(C)c3OC)cc2)cc1. The lowest BCUT2D eigenvalue weighted by atomic mass is 10.2. The largest absolute Gasteiger partial charge is 0.494 e. The summed E-state index contributed by atoms with van der Waals surface area (Å²) in [6.45, 7) is 4.75. The Bertz CT molecular complexity index is 963. The number of nitrogens with zero attached hydrogens (tertiary/aromatic N) is 2. The van der Waals surface area contributed by atoms with Crippen molar-refractivity contribution in [3.05, 3.63) is 65.4 Å². The third-order valence-electron chi connectivity index (χ3n) is 4.34. The van der Waals surface area contributed by atoms with Crippen LogP contribution in [0.25, 0.3) is 0 Å². The molecule has 0 spiro atoms. The number of aromatic nitrogens is 2. The van der Waals surface area contributed by atoms with Crippen molar-refractivity contribution in [1.29, 1.82) is 0 Å². The van der Waals surface area contributed by atoms with E-state index >= 15 is 0 Å². The summed E-state index contributed by atoms with van der Waals surface area (Å²) < 4.78 is 18.1. The Kier molecular flexibility index (Phi) is 6.39. The molecule has 0 aliphatic heterocycles. The van der Waals surface area contributed by atoms with Gasteiger partial charge in [0.15, 0.2) is 0 Å². The van der Waals surface area contributed by atoms with E-state index in [0.717, 1.165) is 17.1 Å². The quantitative estimate of drug-likeness (QED) is 0.627. The maximum atomic E-state index is 12.5. The van der Waals surface area contributed by atoms with Gasteiger partial charge >= 0.3 is 0 Å². The smallest absolute Gasteiger partial charge is 0.258 e. The van der Waals surface area contributed by atoms with Crippen LogP contribution in [0.5, 0.6) is 23.1 Å². The highest BCUT2D eigenvalue weighted by Gasteiger charge is 2.20. The molecule has 0 saturated carbocycles. The third kappa shape index (κ3) is 4.87. The Morgan fingerprint density at radius 3 is 2.21 bits per heavy atom. The van der Waals surface area contributed by atoms with Crippen molar-refractivity contribution in [2.75, 3.05) is 13.7 Å². The highest BCUT2D eigenvalue weighted by atomic mass is 16.5. The Morgan fingerprint density at radius 1 is 1.03 bits per heavy atom. The number of carbonyl (C=O) groups is 1. The molecule has 1 amide bonds. The van der Waals surface area contributed by atoms with Crippen LogP contribution in [-0.4, -0.2) is 29.4 Å². The topological polar surface area (TPSA) is 74.6 Å². The molecule has 0 aliphatic carbocycles. The molecule has 29 heavy (non-hydrogen) atoms. The van der Waals surface area contributed by atoms with Crippen LogP contribution in [0.15, 0.2) is 48.5 Å². The number of ether oxygens (including phenoxy) is 3. The van der Waals surface area contributed by atoms with Crippen molar-refractivity contribution in [2.45, 2.75) is 20.4 Å². The molecule has 1 aromatic heterocycles. The molecule has 0 atom stereocenters. The van der Waals surface area contributed by atoms with E-state index in [2.05, 4.69) is 10.4 Å². The Balaban J connectivity index is 1.59. The fourth-order valence-corrected chi connectivity index (χ4v) is 2.99. The minimum atomic E-state index is -0.220. The van der Waals surface area contributed by atoms with E-state index in [0.29, 0.717) is 36.0 Å². The zero-order valence-corrected chi connectivity index (χ0v) is 17.1. The summed E-state index contributed by atoms with van der Waals surface area (Å²) in [6, 6.07) is 15.0. The highest BCUT2D eigenvalue weighted by Crippen LogP contribution is 2.24. The predicted molar refractivity (Wildman–Crippen MR) is 110 cm³/mol. The summed E-state index contributed by atoms with van der Waals surface area (Å²) in [6.07, 6.45) is 0. The molecule has 7 heteroatoms. The first-order valence-electron chi connectivity index (χ1n) is 9.37. The Hall–Kier alpha value is -3.48. The van der Waals surface area contributed by atoms with Crippen molar-refractivity contribution in [1.82, 2.24) is 15.1 Å². The number of amides is 1. The molecule has 0 saturated heterocycles. The summed E-state index contributed by atoms with van der Waals surface area (Å²) in [5.41, 5.74) is 2.03. The Labute approximate surface area is 170 Å². The van der Waals surface area contributed by atoms with Gasteiger partial charge in [-0.3, -0.25) is 4.79 Å². The lowest BCUT2D eigenvalue weighted by Gasteiger charge is -2.09. The second-order valence-electron chi connectivity index (χ2n) is 6.43. The van der Waals surface area contributed by atoms with Crippen molar-refractivity contribution >= 4 is 5.91 Å². The summed E-state index contributed by atoms with van der Waals surface area (Å²) in [5, 5.41) is 7.14. The molecular formula is C22H25N3O4. The first kappa shape index (κ1) is 20.3. The molecule has 7 nitrogen and oxygen atoms in total. The first-order chi connectivity index (χ1) is 14.0. The van der Waals surface area contributed by atoms with Crippen LogP contribution in [0.4, 0.5) is 0 Å². The number of nitrogens with one attached hydrogen (secondary N) is 1. The summed E-state index contributed by atoms with van der Waals surface area (Å²) in [5.74, 6) is 2.48. The van der Waals surface area contributed by atoms with Crippen LogP contribution in [0.2, 0.25) is 0 Å². The first-order valence-corrected chi connectivity index (χ1v) is 9.37. The van der Waals surface area contributed by atoms with Crippen LogP contribution in [-0.2, 0) is 13.6 Å². The van der Waals surface area contributed by atoms with Gasteiger partial charge in [-0.25, -0.2) is 4.68 Å². The summed E-state index contributed by atoms with van der Waals surface area (Å²) in [7, 11) is 3.27. The van der Waals surface area contributed by atoms with E-state index in [1.807, 2.05) is 55.5 Å². The lowest BCUT2D eigenvalue weighted by Crippen LogP contribution is -2.23. The average molecular weight is 395 g/mol. The van der Waals surface area contributed by atoms with Crippen LogP contribution in [0, 0.1) is 6.92 Å².